The van der Waals surface area contributed by atoms with Crippen LogP contribution in [0.25, 0.3) is 0 Å². The van der Waals surface area contributed by atoms with Crippen molar-refractivity contribution in [2.45, 2.75) is 25.7 Å². The molecule has 0 aromatic heterocycles. The Kier molecular flexibility index (Phi) is 7.50. The fourth-order valence-corrected chi connectivity index (χ4v) is 4.08. The van der Waals surface area contributed by atoms with Crippen LogP contribution in [0.5, 0.6) is 0 Å². The van der Waals surface area contributed by atoms with E-state index in [-0.39, 0.29) is 22.1 Å². The lowest BCUT2D eigenvalue weighted by Crippen LogP contribution is -2.28. The van der Waals surface area contributed by atoms with Crippen molar-refractivity contribution in [1.82, 2.24) is 5.32 Å². The molecule has 0 heterocycles. The molecule has 0 bridgehead atoms. The van der Waals surface area contributed by atoms with Gasteiger partial charge in [0.05, 0.1) is 16.1 Å². The minimum Gasteiger partial charge on any atom is -0.352 e. The van der Waals surface area contributed by atoms with Gasteiger partial charge in [-0.1, -0.05) is 49.7 Å². The Labute approximate surface area is 194 Å². The standard InChI is InChI=1S/C25H27N3O4S/c1-17(2)16-26-25(30)22-9-4-5-10-23(22)27-24(29)19-7-6-8-20(15-19)28-33(31,32)21-13-11-18(3)12-14-21/h4-15,17,28H,16H2,1-3H3,(H,26,30)(H,27,29). The molecular formula is C25H27N3O4S. The highest BCUT2D eigenvalue weighted by Gasteiger charge is 2.17. The van der Waals surface area contributed by atoms with Crippen molar-refractivity contribution < 1.29 is 18.0 Å². The lowest BCUT2D eigenvalue weighted by atomic mass is 10.1. The van der Waals surface area contributed by atoms with Crippen molar-refractivity contribution in [3.8, 4) is 0 Å². The Morgan fingerprint density at radius 1 is 0.879 bits per heavy atom. The largest absolute Gasteiger partial charge is 0.352 e. The second-order valence-corrected chi connectivity index (χ2v) is 9.79. The summed E-state index contributed by atoms with van der Waals surface area (Å²) in [6.45, 7) is 6.38. The van der Waals surface area contributed by atoms with Gasteiger partial charge in [0.1, 0.15) is 0 Å². The third-order valence-corrected chi connectivity index (χ3v) is 6.20. The van der Waals surface area contributed by atoms with Gasteiger partial charge in [-0.3, -0.25) is 14.3 Å². The fraction of sp³-hybridized carbons (Fsp3) is 0.200. The van der Waals surface area contributed by atoms with Gasteiger partial charge in [-0.05, 0) is 55.3 Å². The average Bonchev–Trinajstić information content (AvgIpc) is 2.78. The topological polar surface area (TPSA) is 104 Å². The Morgan fingerprint density at radius 3 is 2.27 bits per heavy atom. The van der Waals surface area contributed by atoms with Crippen LogP contribution in [0.15, 0.2) is 77.7 Å². The molecule has 0 unspecified atom stereocenters. The maximum atomic E-state index is 12.9. The first-order valence-corrected chi connectivity index (χ1v) is 12.0. The van der Waals surface area contributed by atoms with Gasteiger partial charge in [0.25, 0.3) is 21.8 Å². The molecule has 0 aliphatic rings. The maximum Gasteiger partial charge on any atom is 0.261 e. The molecule has 172 valence electrons. The van der Waals surface area contributed by atoms with Gasteiger partial charge in [-0.25, -0.2) is 8.42 Å². The number of para-hydroxylation sites is 1. The summed E-state index contributed by atoms with van der Waals surface area (Å²) in [5.41, 5.74) is 2.17. The molecule has 3 aromatic carbocycles. The van der Waals surface area contributed by atoms with Gasteiger partial charge in [0, 0.05) is 17.8 Å². The number of rotatable bonds is 8. The second kappa shape index (κ2) is 10.3. The summed E-state index contributed by atoms with van der Waals surface area (Å²) in [6, 6.07) is 19.4. The Balaban J connectivity index is 1.77. The molecule has 8 heteroatoms. The summed E-state index contributed by atoms with van der Waals surface area (Å²) >= 11 is 0. The monoisotopic (exact) mass is 465 g/mol. The molecule has 0 aliphatic carbocycles. The predicted octanol–water partition coefficient (Wildman–Crippen LogP) is 4.43. The molecule has 7 nitrogen and oxygen atoms in total. The van der Waals surface area contributed by atoms with Gasteiger partial charge >= 0.3 is 0 Å². The third-order valence-electron chi connectivity index (χ3n) is 4.80. The van der Waals surface area contributed by atoms with E-state index in [1.165, 1.54) is 18.2 Å². The summed E-state index contributed by atoms with van der Waals surface area (Å²) in [6.07, 6.45) is 0. The van der Waals surface area contributed by atoms with Crippen molar-refractivity contribution in [1.29, 1.82) is 0 Å². The highest BCUT2D eigenvalue weighted by molar-refractivity contribution is 7.92. The molecule has 3 N–H and O–H groups in total. The molecule has 0 atom stereocenters. The highest BCUT2D eigenvalue weighted by atomic mass is 32.2. The van der Waals surface area contributed by atoms with Crippen LogP contribution in [0.3, 0.4) is 0 Å². The second-order valence-electron chi connectivity index (χ2n) is 8.10. The minimum atomic E-state index is -3.80. The Bertz CT molecular complexity index is 1250. The van der Waals surface area contributed by atoms with E-state index in [2.05, 4.69) is 15.4 Å². The van der Waals surface area contributed by atoms with Crippen molar-refractivity contribution in [3.63, 3.8) is 0 Å². The quantitative estimate of drug-likeness (QED) is 0.458. The van der Waals surface area contributed by atoms with Gasteiger partial charge in [-0.2, -0.15) is 0 Å². The van der Waals surface area contributed by atoms with Crippen molar-refractivity contribution >= 4 is 33.2 Å². The number of amides is 2. The van der Waals surface area contributed by atoms with E-state index in [0.717, 1.165) is 5.56 Å². The third kappa shape index (κ3) is 6.43. The maximum absolute atomic E-state index is 12.9. The fourth-order valence-electron chi connectivity index (χ4n) is 3.03. The zero-order chi connectivity index (χ0) is 24.0. The molecule has 3 aromatic rings. The van der Waals surface area contributed by atoms with Crippen molar-refractivity contribution in [2.24, 2.45) is 5.92 Å². The van der Waals surface area contributed by atoms with Gasteiger partial charge in [0.2, 0.25) is 0 Å². The first kappa shape index (κ1) is 24.0. The summed E-state index contributed by atoms with van der Waals surface area (Å²) in [5, 5.41) is 5.59. The van der Waals surface area contributed by atoms with E-state index in [0.29, 0.717) is 23.7 Å². The first-order chi connectivity index (χ1) is 15.7. The van der Waals surface area contributed by atoms with E-state index in [1.54, 1.807) is 54.6 Å². The number of aryl methyl sites for hydroxylation is 1. The van der Waals surface area contributed by atoms with Crippen LogP contribution in [0, 0.1) is 12.8 Å². The summed E-state index contributed by atoms with van der Waals surface area (Å²) in [5.74, 6) is -0.447. The number of benzene rings is 3. The lowest BCUT2D eigenvalue weighted by Gasteiger charge is -2.13. The number of nitrogens with one attached hydrogen (secondary N) is 3. The number of carbonyl (C=O) groups excluding carboxylic acids is 2. The van der Waals surface area contributed by atoms with Crippen LogP contribution in [0.2, 0.25) is 0 Å². The average molecular weight is 466 g/mol. The lowest BCUT2D eigenvalue weighted by molar-refractivity contribution is 0.0950. The molecule has 2 amide bonds. The SMILES string of the molecule is Cc1ccc(S(=O)(=O)Nc2cccc(C(=O)Nc3ccccc3C(=O)NCC(C)C)c2)cc1. The number of hydrogen-bond donors (Lipinski definition) is 3. The minimum absolute atomic E-state index is 0.129. The number of anilines is 2. The van der Waals surface area contributed by atoms with Gasteiger partial charge in [0.15, 0.2) is 0 Å². The molecule has 3 rings (SSSR count). The van der Waals surface area contributed by atoms with Crippen molar-refractivity contribution in [3.05, 3.63) is 89.5 Å². The Morgan fingerprint density at radius 2 is 1.58 bits per heavy atom. The van der Waals surface area contributed by atoms with Crippen LogP contribution >= 0.6 is 0 Å². The number of carbonyl (C=O) groups is 2. The molecular weight excluding hydrogens is 438 g/mol. The summed E-state index contributed by atoms with van der Waals surface area (Å²) in [7, 11) is -3.80. The van der Waals surface area contributed by atoms with Crippen LogP contribution in [0.1, 0.15) is 40.1 Å². The van der Waals surface area contributed by atoms with Crippen LogP contribution in [-0.2, 0) is 10.0 Å². The summed E-state index contributed by atoms with van der Waals surface area (Å²) < 4.78 is 27.8. The van der Waals surface area contributed by atoms with Crippen LogP contribution in [-0.4, -0.2) is 26.8 Å². The van der Waals surface area contributed by atoms with E-state index in [1.807, 2.05) is 20.8 Å². The molecule has 0 fully saturated rings. The molecule has 0 spiro atoms. The number of sulfonamides is 1. The van der Waals surface area contributed by atoms with E-state index >= 15 is 0 Å². The van der Waals surface area contributed by atoms with Crippen molar-refractivity contribution in [2.75, 3.05) is 16.6 Å². The predicted molar refractivity (Wildman–Crippen MR) is 130 cm³/mol. The first-order valence-electron chi connectivity index (χ1n) is 10.5. The van der Waals surface area contributed by atoms with E-state index in [9.17, 15) is 18.0 Å². The van der Waals surface area contributed by atoms with Gasteiger partial charge in [-0.15, -0.1) is 0 Å². The smallest absolute Gasteiger partial charge is 0.261 e. The van der Waals surface area contributed by atoms with E-state index in [4.69, 9.17) is 0 Å². The molecule has 0 radical (unpaired) electrons. The zero-order valence-corrected chi connectivity index (χ0v) is 19.6. The highest BCUT2D eigenvalue weighted by Crippen LogP contribution is 2.20. The number of hydrogen-bond acceptors (Lipinski definition) is 4. The normalized spacial score (nSPS) is 11.2. The van der Waals surface area contributed by atoms with E-state index < -0.39 is 15.9 Å². The molecule has 33 heavy (non-hydrogen) atoms. The van der Waals surface area contributed by atoms with Crippen LogP contribution in [0.4, 0.5) is 11.4 Å². The zero-order valence-electron chi connectivity index (χ0n) is 18.8. The molecule has 0 saturated carbocycles. The Hall–Kier alpha value is -3.65. The van der Waals surface area contributed by atoms with Crippen LogP contribution < -0.4 is 15.4 Å². The summed E-state index contributed by atoms with van der Waals surface area (Å²) in [4.78, 5) is 25.5. The van der Waals surface area contributed by atoms with Gasteiger partial charge < -0.3 is 10.6 Å². The molecule has 0 aliphatic heterocycles. The molecule has 0 saturated heterocycles.